The van der Waals surface area contributed by atoms with Gasteiger partial charge in [-0.25, -0.2) is 8.42 Å². The van der Waals surface area contributed by atoms with Crippen LogP contribution < -0.4 is 0 Å². The van der Waals surface area contributed by atoms with Crippen molar-refractivity contribution in [3.63, 3.8) is 0 Å². The second kappa shape index (κ2) is 3.58. The Morgan fingerprint density at radius 3 is 2.08 bits per heavy atom. The largest absolute Gasteiger partial charge is 0.232 e. The molecule has 1 heterocycles. The first-order chi connectivity index (χ1) is 5.85. The molecular weight excluding hydrogens is 186 g/mol. The lowest BCUT2D eigenvalue weighted by molar-refractivity contribution is 0.412. The van der Waals surface area contributed by atoms with Crippen LogP contribution in [-0.4, -0.2) is 24.6 Å². The maximum atomic E-state index is 11.4. The second-order valence-electron chi connectivity index (χ2n) is 4.59. The highest BCUT2D eigenvalue weighted by Crippen LogP contribution is 2.36. The van der Waals surface area contributed by atoms with Gasteiger partial charge < -0.3 is 0 Å². The summed E-state index contributed by atoms with van der Waals surface area (Å²) < 4.78 is 24.4. The predicted octanol–water partition coefficient (Wildman–Crippen LogP) is 1.66. The van der Waals surface area contributed by atoms with Gasteiger partial charge in [-0.2, -0.15) is 4.31 Å². The van der Waals surface area contributed by atoms with Crippen LogP contribution >= 0.6 is 0 Å². The Kier molecular flexibility index (Phi) is 3.02. The summed E-state index contributed by atoms with van der Waals surface area (Å²) in [6.07, 6.45) is 0.773. The SMILES string of the molecule is CC(C)CC1N(CC(C)C)S1(=O)=O. The van der Waals surface area contributed by atoms with E-state index in [-0.39, 0.29) is 5.37 Å². The average molecular weight is 205 g/mol. The van der Waals surface area contributed by atoms with Gasteiger partial charge in [0.2, 0.25) is 10.0 Å². The Labute approximate surface area is 81.2 Å². The lowest BCUT2D eigenvalue weighted by atomic mass is 10.1. The van der Waals surface area contributed by atoms with Crippen LogP contribution in [0, 0.1) is 11.8 Å². The highest BCUT2D eigenvalue weighted by Gasteiger charge is 2.53. The zero-order chi connectivity index (χ0) is 10.2. The summed E-state index contributed by atoms with van der Waals surface area (Å²) in [5.41, 5.74) is 0. The Bertz CT molecular complexity index is 247. The maximum absolute atomic E-state index is 11.4. The van der Waals surface area contributed by atoms with Crippen LogP contribution in [0.25, 0.3) is 0 Å². The fourth-order valence-electron chi connectivity index (χ4n) is 1.51. The molecule has 3 nitrogen and oxygen atoms in total. The summed E-state index contributed by atoms with van der Waals surface area (Å²) in [5.74, 6) is 0.879. The van der Waals surface area contributed by atoms with E-state index in [1.807, 2.05) is 13.8 Å². The monoisotopic (exact) mass is 205 g/mol. The van der Waals surface area contributed by atoms with Crippen molar-refractivity contribution in [2.75, 3.05) is 6.54 Å². The van der Waals surface area contributed by atoms with E-state index >= 15 is 0 Å². The molecule has 0 bridgehead atoms. The average Bonchev–Trinajstić information content (AvgIpc) is 2.36. The molecule has 2 atom stereocenters. The number of nitrogens with zero attached hydrogens (tertiary/aromatic N) is 1. The van der Waals surface area contributed by atoms with Crippen LogP contribution in [0.2, 0.25) is 0 Å². The lowest BCUT2D eigenvalue weighted by Crippen LogP contribution is -2.11. The highest BCUT2D eigenvalue weighted by molar-refractivity contribution is 7.95. The molecule has 4 heteroatoms. The van der Waals surface area contributed by atoms with Crippen molar-refractivity contribution in [2.45, 2.75) is 39.5 Å². The van der Waals surface area contributed by atoms with Crippen molar-refractivity contribution in [1.82, 2.24) is 4.31 Å². The maximum Gasteiger partial charge on any atom is 0.232 e. The molecule has 0 N–H and O–H groups in total. The zero-order valence-corrected chi connectivity index (χ0v) is 9.63. The molecule has 0 aromatic carbocycles. The number of hydrogen-bond donors (Lipinski definition) is 0. The lowest BCUT2D eigenvalue weighted by Gasteiger charge is -2.03. The molecule has 0 radical (unpaired) electrons. The minimum absolute atomic E-state index is 0.185. The van der Waals surface area contributed by atoms with E-state index in [9.17, 15) is 8.42 Å². The van der Waals surface area contributed by atoms with Crippen LogP contribution in [0.1, 0.15) is 34.1 Å². The summed E-state index contributed by atoms with van der Waals surface area (Å²) >= 11 is 0. The predicted molar refractivity (Wildman–Crippen MR) is 53.7 cm³/mol. The van der Waals surface area contributed by atoms with Gasteiger partial charge in [-0.05, 0) is 18.3 Å². The number of rotatable bonds is 4. The Balaban J connectivity index is 2.52. The van der Waals surface area contributed by atoms with Crippen molar-refractivity contribution in [3.05, 3.63) is 0 Å². The van der Waals surface area contributed by atoms with Crippen molar-refractivity contribution in [1.29, 1.82) is 0 Å². The fraction of sp³-hybridized carbons (Fsp3) is 1.00. The quantitative estimate of drug-likeness (QED) is 0.655. The van der Waals surface area contributed by atoms with E-state index in [1.165, 1.54) is 0 Å². The van der Waals surface area contributed by atoms with E-state index < -0.39 is 10.0 Å². The molecular formula is C9H19NO2S. The van der Waals surface area contributed by atoms with E-state index in [0.717, 1.165) is 6.42 Å². The van der Waals surface area contributed by atoms with Crippen molar-refractivity contribution >= 4 is 10.0 Å². The zero-order valence-electron chi connectivity index (χ0n) is 8.82. The van der Waals surface area contributed by atoms with Crippen LogP contribution in [0.3, 0.4) is 0 Å². The van der Waals surface area contributed by atoms with Crippen molar-refractivity contribution in [2.24, 2.45) is 11.8 Å². The van der Waals surface area contributed by atoms with E-state index in [0.29, 0.717) is 18.4 Å². The summed E-state index contributed by atoms with van der Waals surface area (Å²) in [6, 6.07) is 0. The van der Waals surface area contributed by atoms with Gasteiger partial charge in [0.05, 0.1) is 0 Å². The Hall–Kier alpha value is -0.0900. The summed E-state index contributed by atoms with van der Waals surface area (Å²) in [6.45, 7) is 8.88. The van der Waals surface area contributed by atoms with E-state index in [4.69, 9.17) is 0 Å². The van der Waals surface area contributed by atoms with Crippen LogP contribution in [0.5, 0.6) is 0 Å². The van der Waals surface area contributed by atoms with Gasteiger partial charge in [-0.3, -0.25) is 0 Å². The third-order valence-corrected chi connectivity index (χ3v) is 4.14. The van der Waals surface area contributed by atoms with Gasteiger partial charge in [0.15, 0.2) is 0 Å². The topological polar surface area (TPSA) is 37.1 Å². The Morgan fingerprint density at radius 2 is 1.69 bits per heavy atom. The van der Waals surface area contributed by atoms with E-state index in [2.05, 4.69) is 13.8 Å². The summed E-state index contributed by atoms with van der Waals surface area (Å²) in [7, 11) is -2.86. The molecule has 0 aromatic heterocycles. The number of sulfonamides is 1. The van der Waals surface area contributed by atoms with Crippen molar-refractivity contribution in [3.8, 4) is 0 Å². The molecule has 1 rings (SSSR count). The molecule has 0 saturated carbocycles. The molecule has 1 aliphatic heterocycles. The third kappa shape index (κ3) is 2.44. The smallest absolute Gasteiger partial charge is 0.210 e. The molecule has 0 aromatic rings. The molecule has 0 aliphatic carbocycles. The van der Waals surface area contributed by atoms with Gasteiger partial charge >= 0.3 is 0 Å². The first-order valence-corrected chi connectivity index (χ1v) is 6.36. The normalized spacial score (nSPS) is 31.2. The van der Waals surface area contributed by atoms with Crippen LogP contribution in [0.15, 0.2) is 0 Å². The fourth-order valence-corrected chi connectivity index (χ4v) is 3.60. The molecule has 2 unspecified atom stereocenters. The van der Waals surface area contributed by atoms with Crippen LogP contribution in [0.4, 0.5) is 0 Å². The highest BCUT2D eigenvalue weighted by atomic mass is 32.2. The minimum atomic E-state index is -2.86. The molecule has 1 saturated heterocycles. The summed E-state index contributed by atoms with van der Waals surface area (Å²) in [4.78, 5) is 0. The first-order valence-electron chi connectivity index (χ1n) is 4.86. The number of hydrogen-bond acceptors (Lipinski definition) is 2. The van der Waals surface area contributed by atoms with Crippen molar-refractivity contribution < 1.29 is 8.42 Å². The third-order valence-electron chi connectivity index (χ3n) is 2.16. The molecule has 1 aliphatic rings. The first kappa shape index (κ1) is 11.0. The molecule has 1 fully saturated rings. The summed E-state index contributed by atoms with van der Waals surface area (Å²) in [5, 5.41) is -0.185. The molecule has 0 amide bonds. The molecule has 13 heavy (non-hydrogen) atoms. The van der Waals surface area contributed by atoms with Gasteiger partial charge in [0.25, 0.3) is 0 Å². The standard InChI is InChI=1S/C9H19NO2S/c1-7(2)5-9-10(6-8(3)4)13(9,11)12/h7-9H,5-6H2,1-4H3. The Morgan fingerprint density at radius 1 is 1.15 bits per heavy atom. The minimum Gasteiger partial charge on any atom is -0.210 e. The van der Waals surface area contributed by atoms with Gasteiger partial charge in [-0.15, -0.1) is 0 Å². The van der Waals surface area contributed by atoms with Crippen LogP contribution in [-0.2, 0) is 10.0 Å². The van der Waals surface area contributed by atoms with Gasteiger partial charge in [0, 0.05) is 6.54 Å². The van der Waals surface area contributed by atoms with Gasteiger partial charge in [-0.1, -0.05) is 27.7 Å². The van der Waals surface area contributed by atoms with Gasteiger partial charge in [0.1, 0.15) is 5.37 Å². The van der Waals surface area contributed by atoms with E-state index in [1.54, 1.807) is 4.31 Å². The molecule has 0 spiro atoms. The second-order valence-corrected chi connectivity index (χ2v) is 6.64. The molecule has 78 valence electrons.